The van der Waals surface area contributed by atoms with E-state index in [4.69, 9.17) is 14.2 Å². The van der Waals surface area contributed by atoms with Crippen LogP contribution in [-0.2, 0) is 28.6 Å². The Bertz CT molecular complexity index is 1030. The van der Waals surface area contributed by atoms with Crippen molar-refractivity contribution in [1.29, 1.82) is 0 Å². The van der Waals surface area contributed by atoms with E-state index in [1.165, 1.54) is 212 Å². The Kier molecular flexibility index (Phi) is 50.0. The molecule has 0 aromatic rings. The van der Waals surface area contributed by atoms with E-state index in [-0.39, 0.29) is 31.1 Å². The molecule has 0 spiro atoms. The summed E-state index contributed by atoms with van der Waals surface area (Å²) in [6.07, 6.45) is 53.7. The minimum absolute atomic E-state index is 0.0636. The van der Waals surface area contributed by atoms with E-state index in [0.717, 1.165) is 75.5 Å². The van der Waals surface area contributed by atoms with Crippen molar-refractivity contribution in [1.82, 2.24) is 0 Å². The maximum atomic E-state index is 12.9. The van der Waals surface area contributed by atoms with Crippen molar-refractivity contribution in [2.24, 2.45) is 17.8 Å². The van der Waals surface area contributed by atoms with Crippen molar-refractivity contribution >= 4 is 17.9 Å². The molecule has 3 atom stereocenters. The molecule has 0 saturated carbocycles. The Morgan fingerprint density at radius 3 is 0.788 bits per heavy atom. The van der Waals surface area contributed by atoms with Crippen LogP contribution in [0.2, 0.25) is 0 Å². The van der Waals surface area contributed by atoms with Crippen LogP contribution in [0, 0.1) is 17.8 Å². The third kappa shape index (κ3) is 50.3. The molecule has 0 radical (unpaired) electrons. The van der Waals surface area contributed by atoms with Crippen LogP contribution < -0.4 is 0 Å². The number of hydrogen-bond acceptors (Lipinski definition) is 6. The number of ether oxygens (including phenoxy) is 3. The van der Waals surface area contributed by atoms with Crippen LogP contribution in [0.5, 0.6) is 0 Å². The standard InChI is InChI=1S/C60H116O6/c1-7-55(5)47-41-35-29-23-19-15-12-13-17-21-25-33-39-45-51-60(63)66-57(53-65-59(62)50-44-38-32-27-26-30-36-42-48-56(6)8-2)52-64-58(61)49-43-37-31-24-20-16-11-9-10-14-18-22-28-34-40-46-54(3)4/h54-57H,7-53H2,1-6H3/t55?,56?,57-/m0/s1. The third-order valence-electron chi connectivity index (χ3n) is 14.4. The van der Waals surface area contributed by atoms with E-state index in [9.17, 15) is 14.4 Å². The quantitative estimate of drug-likeness (QED) is 0.0343. The molecule has 0 bridgehead atoms. The van der Waals surface area contributed by atoms with Gasteiger partial charge in [-0.1, -0.05) is 292 Å². The lowest BCUT2D eigenvalue weighted by molar-refractivity contribution is -0.167. The molecule has 0 N–H and O–H groups in total. The van der Waals surface area contributed by atoms with E-state index >= 15 is 0 Å². The van der Waals surface area contributed by atoms with Crippen LogP contribution in [0.3, 0.4) is 0 Å². The van der Waals surface area contributed by atoms with Gasteiger partial charge in [-0.3, -0.25) is 14.4 Å². The molecule has 66 heavy (non-hydrogen) atoms. The Morgan fingerprint density at radius 2 is 0.530 bits per heavy atom. The summed E-state index contributed by atoms with van der Waals surface area (Å²) in [7, 11) is 0. The van der Waals surface area contributed by atoms with E-state index in [1.807, 2.05) is 0 Å². The van der Waals surface area contributed by atoms with Gasteiger partial charge in [0.25, 0.3) is 0 Å². The van der Waals surface area contributed by atoms with Gasteiger partial charge in [0.1, 0.15) is 13.2 Å². The zero-order valence-electron chi connectivity index (χ0n) is 45.5. The van der Waals surface area contributed by atoms with Crippen molar-refractivity contribution in [3.8, 4) is 0 Å². The maximum absolute atomic E-state index is 12.9. The highest BCUT2D eigenvalue weighted by atomic mass is 16.6. The van der Waals surface area contributed by atoms with Crippen LogP contribution >= 0.6 is 0 Å². The van der Waals surface area contributed by atoms with E-state index < -0.39 is 6.10 Å². The average molecular weight is 934 g/mol. The highest BCUT2D eigenvalue weighted by Gasteiger charge is 2.19. The fourth-order valence-electron chi connectivity index (χ4n) is 9.11. The predicted octanol–water partition coefficient (Wildman–Crippen LogP) is 19.5. The first-order valence-electron chi connectivity index (χ1n) is 29.7. The van der Waals surface area contributed by atoms with Gasteiger partial charge in [-0.2, -0.15) is 0 Å². The summed E-state index contributed by atoms with van der Waals surface area (Å²) in [5.41, 5.74) is 0. The van der Waals surface area contributed by atoms with Gasteiger partial charge in [-0.25, -0.2) is 0 Å². The monoisotopic (exact) mass is 933 g/mol. The summed E-state index contributed by atoms with van der Waals surface area (Å²) in [4.78, 5) is 38.2. The highest BCUT2D eigenvalue weighted by molar-refractivity contribution is 5.71. The van der Waals surface area contributed by atoms with Gasteiger partial charge in [-0.15, -0.1) is 0 Å². The average Bonchev–Trinajstić information content (AvgIpc) is 3.30. The second-order valence-electron chi connectivity index (χ2n) is 21.6. The molecule has 0 aromatic carbocycles. The second kappa shape index (κ2) is 51.3. The van der Waals surface area contributed by atoms with Gasteiger partial charge in [0.2, 0.25) is 0 Å². The first-order valence-corrected chi connectivity index (χ1v) is 29.7. The summed E-state index contributed by atoms with van der Waals surface area (Å²) in [5, 5.41) is 0. The lowest BCUT2D eigenvalue weighted by Crippen LogP contribution is -2.30. The predicted molar refractivity (Wildman–Crippen MR) is 284 cm³/mol. The first-order chi connectivity index (χ1) is 32.2. The summed E-state index contributed by atoms with van der Waals surface area (Å²) in [6.45, 7) is 13.8. The molecule has 0 aliphatic rings. The van der Waals surface area contributed by atoms with Gasteiger partial charge >= 0.3 is 17.9 Å². The zero-order chi connectivity index (χ0) is 48.4. The lowest BCUT2D eigenvalue weighted by Gasteiger charge is -2.18. The van der Waals surface area contributed by atoms with E-state index in [2.05, 4.69) is 41.5 Å². The highest BCUT2D eigenvalue weighted by Crippen LogP contribution is 2.19. The van der Waals surface area contributed by atoms with Crippen molar-refractivity contribution in [3.05, 3.63) is 0 Å². The van der Waals surface area contributed by atoms with E-state index in [1.54, 1.807) is 0 Å². The number of carbonyl (C=O) groups excluding carboxylic acids is 3. The summed E-state index contributed by atoms with van der Waals surface area (Å²) in [5.74, 6) is 1.75. The molecule has 0 aliphatic heterocycles. The molecule has 0 rings (SSSR count). The fraction of sp³-hybridized carbons (Fsp3) is 0.950. The summed E-state index contributed by atoms with van der Waals surface area (Å²) >= 11 is 0. The minimum Gasteiger partial charge on any atom is -0.462 e. The van der Waals surface area contributed by atoms with Gasteiger partial charge < -0.3 is 14.2 Å². The van der Waals surface area contributed by atoms with Gasteiger partial charge in [0, 0.05) is 19.3 Å². The molecule has 0 heterocycles. The van der Waals surface area contributed by atoms with Crippen molar-refractivity contribution < 1.29 is 28.6 Å². The number of unbranched alkanes of at least 4 members (excludes halogenated alkanes) is 34. The fourth-order valence-corrected chi connectivity index (χ4v) is 9.11. The van der Waals surface area contributed by atoms with Crippen molar-refractivity contribution in [2.75, 3.05) is 13.2 Å². The molecule has 0 amide bonds. The maximum Gasteiger partial charge on any atom is 0.306 e. The van der Waals surface area contributed by atoms with Crippen LogP contribution in [-0.4, -0.2) is 37.2 Å². The molecule has 0 saturated heterocycles. The Balaban J connectivity index is 4.29. The number of rotatable bonds is 53. The van der Waals surface area contributed by atoms with Crippen molar-refractivity contribution in [3.63, 3.8) is 0 Å². The Morgan fingerprint density at radius 1 is 0.303 bits per heavy atom. The molecular formula is C60H116O6. The summed E-state index contributed by atoms with van der Waals surface area (Å²) < 4.78 is 16.9. The lowest BCUT2D eigenvalue weighted by atomic mass is 9.99. The Labute approximate surface area is 412 Å². The molecule has 2 unspecified atom stereocenters. The number of esters is 3. The smallest absolute Gasteiger partial charge is 0.306 e. The minimum atomic E-state index is -0.764. The largest absolute Gasteiger partial charge is 0.462 e. The van der Waals surface area contributed by atoms with Crippen molar-refractivity contribution in [2.45, 2.75) is 337 Å². The number of hydrogen-bond donors (Lipinski definition) is 0. The summed E-state index contributed by atoms with van der Waals surface area (Å²) in [6, 6.07) is 0. The van der Waals surface area contributed by atoms with Gasteiger partial charge in [0.15, 0.2) is 6.10 Å². The zero-order valence-corrected chi connectivity index (χ0v) is 45.5. The molecular weight excluding hydrogens is 817 g/mol. The molecule has 0 aromatic heterocycles. The third-order valence-corrected chi connectivity index (χ3v) is 14.4. The van der Waals surface area contributed by atoms with Crippen LogP contribution in [0.1, 0.15) is 330 Å². The first kappa shape index (κ1) is 64.4. The van der Waals surface area contributed by atoms with Crippen LogP contribution in [0.15, 0.2) is 0 Å². The van der Waals surface area contributed by atoms with E-state index in [0.29, 0.717) is 19.3 Å². The number of carbonyl (C=O) groups is 3. The van der Waals surface area contributed by atoms with Gasteiger partial charge in [0.05, 0.1) is 0 Å². The molecule has 392 valence electrons. The van der Waals surface area contributed by atoms with Gasteiger partial charge in [-0.05, 0) is 37.0 Å². The topological polar surface area (TPSA) is 78.9 Å². The van der Waals surface area contributed by atoms with Crippen LogP contribution in [0.4, 0.5) is 0 Å². The second-order valence-corrected chi connectivity index (χ2v) is 21.6. The Hall–Kier alpha value is -1.59. The molecule has 0 aliphatic carbocycles. The molecule has 6 heteroatoms. The van der Waals surface area contributed by atoms with Crippen LogP contribution in [0.25, 0.3) is 0 Å². The molecule has 6 nitrogen and oxygen atoms in total. The molecule has 0 fully saturated rings. The normalized spacial score (nSPS) is 13.0. The SMILES string of the molecule is CCC(C)CCCCCCCCCCCCCCCCC(=O)O[C@@H](COC(=O)CCCCCCCCCCCCCCCCCC(C)C)COC(=O)CCCCCCCCCCC(C)CC.